The lowest BCUT2D eigenvalue weighted by molar-refractivity contribution is 0.0951. The fourth-order valence-electron chi connectivity index (χ4n) is 4.37. The van der Waals surface area contributed by atoms with Crippen LogP contribution in [-0.4, -0.2) is 50.9 Å². The van der Waals surface area contributed by atoms with Gasteiger partial charge in [0.05, 0.1) is 4.90 Å². The molecule has 2 N–H and O–H groups in total. The minimum atomic E-state index is -3.58. The number of amides is 1. The first-order chi connectivity index (χ1) is 14.0. The Kier molecular flexibility index (Phi) is 8.09. The average molecular weight is 422 g/mol. The Labute approximate surface area is 175 Å². The van der Waals surface area contributed by atoms with Crippen LogP contribution in [-0.2, 0) is 10.0 Å². The molecule has 1 amide bonds. The van der Waals surface area contributed by atoms with Crippen molar-refractivity contribution in [3.8, 4) is 0 Å². The predicted octanol–water partition coefficient (Wildman–Crippen LogP) is 3.29. The molecule has 1 heterocycles. The molecule has 0 unspecified atom stereocenters. The quantitative estimate of drug-likeness (QED) is 0.600. The Morgan fingerprint density at radius 3 is 2.62 bits per heavy atom. The molecule has 1 saturated heterocycles. The van der Waals surface area contributed by atoms with E-state index in [4.69, 9.17) is 0 Å². The second-order valence-electron chi connectivity index (χ2n) is 8.47. The predicted molar refractivity (Wildman–Crippen MR) is 115 cm³/mol. The Morgan fingerprint density at radius 2 is 1.86 bits per heavy atom. The van der Waals surface area contributed by atoms with Gasteiger partial charge >= 0.3 is 0 Å². The molecule has 0 spiro atoms. The number of carbonyl (C=O) groups excluding carboxylic acids is 1. The van der Waals surface area contributed by atoms with Crippen molar-refractivity contribution < 1.29 is 13.2 Å². The molecule has 1 saturated carbocycles. The van der Waals surface area contributed by atoms with Crippen LogP contribution in [0.4, 0.5) is 0 Å². The molecule has 1 aliphatic heterocycles. The third kappa shape index (κ3) is 6.52. The highest BCUT2D eigenvalue weighted by atomic mass is 32.2. The van der Waals surface area contributed by atoms with Crippen molar-refractivity contribution in [3.63, 3.8) is 0 Å². The van der Waals surface area contributed by atoms with E-state index < -0.39 is 10.0 Å². The number of likely N-dealkylation sites (tertiary alicyclic amines) is 1. The molecular weight excluding hydrogens is 386 g/mol. The summed E-state index contributed by atoms with van der Waals surface area (Å²) in [6, 6.07) is 7.01. The highest BCUT2D eigenvalue weighted by Crippen LogP contribution is 2.21. The maximum Gasteiger partial charge on any atom is 0.251 e. The van der Waals surface area contributed by atoms with Crippen molar-refractivity contribution in [2.45, 2.75) is 81.7 Å². The van der Waals surface area contributed by atoms with Gasteiger partial charge < -0.3 is 10.2 Å². The first kappa shape index (κ1) is 22.2. The fraction of sp³-hybridized carbons (Fsp3) is 0.682. The van der Waals surface area contributed by atoms with Gasteiger partial charge in [0.2, 0.25) is 10.0 Å². The summed E-state index contributed by atoms with van der Waals surface area (Å²) in [5.74, 6) is -0.214. The zero-order chi connectivity index (χ0) is 20.7. The van der Waals surface area contributed by atoms with Crippen molar-refractivity contribution in [1.82, 2.24) is 14.9 Å². The van der Waals surface area contributed by atoms with Gasteiger partial charge in [-0.25, -0.2) is 13.1 Å². The van der Waals surface area contributed by atoms with E-state index in [-0.39, 0.29) is 16.8 Å². The minimum absolute atomic E-state index is 0.0140. The summed E-state index contributed by atoms with van der Waals surface area (Å²) in [5, 5.41) is 2.93. The molecule has 2 aliphatic rings. The van der Waals surface area contributed by atoms with E-state index >= 15 is 0 Å². The van der Waals surface area contributed by atoms with Gasteiger partial charge in [0, 0.05) is 24.2 Å². The Hall–Kier alpha value is -1.44. The highest BCUT2D eigenvalue weighted by molar-refractivity contribution is 7.89. The van der Waals surface area contributed by atoms with Crippen molar-refractivity contribution in [3.05, 3.63) is 29.8 Å². The number of carbonyl (C=O) groups is 1. The number of benzene rings is 1. The van der Waals surface area contributed by atoms with Gasteiger partial charge in [-0.15, -0.1) is 0 Å². The summed E-state index contributed by atoms with van der Waals surface area (Å²) in [7, 11) is -3.58. The normalized spacial score (nSPS) is 21.3. The van der Waals surface area contributed by atoms with Gasteiger partial charge in [-0.2, -0.15) is 0 Å². The maximum atomic E-state index is 12.6. The molecule has 29 heavy (non-hydrogen) atoms. The lowest BCUT2D eigenvalue weighted by atomic mass is 10.0. The fourth-order valence-corrected chi connectivity index (χ4v) is 5.72. The van der Waals surface area contributed by atoms with E-state index in [1.807, 2.05) is 0 Å². The number of hydrogen-bond donors (Lipinski definition) is 2. The first-order valence-corrected chi connectivity index (χ1v) is 12.6. The van der Waals surface area contributed by atoms with E-state index in [1.165, 1.54) is 31.9 Å². The molecule has 7 heteroatoms. The number of sulfonamides is 1. The summed E-state index contributed by atoms with van der Waals surface area (Å²) in [6.45, 7) is 5.17. The summed E-state index contributed by atoms with van der Waals surface area (Å²) >= 11 is 0. The van der Waals surface area contributed by atoms with Crippen molar-refractivity contribution >= 4 is 15.9 Å². The molecule has 1 aromatic rings. The van der Waals surface area contributed by atoms with Gasteiger partial charge in [0.15, 0.2) is 0 Å². The summed E-state index contributed by atoms with van der Waals surface area (Å²) in [4.78, 5) is 15.2. The number of unbranched alkanes of at least 4 members (excludes halogenated alkanes) is 1. The topological polar surface area (TPSA) is 78.5 Å². The molecule has 2 fully saturated rings. The summed E-state index contributed by atoms with van der Waals surface area (Å²) in [5.41, 5.74) is 0.393. The van der Waals surface area contributed by atoms with Crippen LogP contribution >= 0.6 is 0 Å². The van der Waals surface area contributed by atoms with Crippen molar-refractivity contribution in [1.29, 1.82) is 0 Å². The second-order valence-corrected chi connectivity index (χ2v) is 10.2. The van der Waals surface area contributed by atoms with Gasteiger partial charge in [0.1, 0.15) is 0 Å². The average Bonchev–Trinajstić information content (AvgIpc) is 3.21. The molecule has 0 aromatic heterocycles. The molecule has 1 aromatic carbocycles. The van der Waals surface area contributed by atoms with Crippen LogP contribution in [0.5, 0.6) is 0 Å². The van der Waals surface area contributed by atoms with Crippen LogP contribution in [0.2, 0.25) is 0 Å². The molecule has 1 atom stereocenters. The SMILES string of the molecule is C[C@@H]1CCCCN1CCCCNC(=O)c1cccc(S(=O)(=O)NC2CCCC2)c1. The molecule has 0 bridgehead atoms. The van der Waals surface area contributed by atoms with Gasteiger partial charge in [0.25, 0.3) is 5.91 Å². The number of hydrogen-bond acceptors (Lipinski definition) is 4. The smallest absolute Gasteiger partial charge is 0.251 e. The van der Waals surface area contributed by atoms with E-state index in [2.05, 4.69) is 21.9 Å². The molecule has 1 aliphatic carbocycles. The zero-order valence-corrected chi connectivity index (χ0v) is 18.3. The highest BCUT2D eigenvalue weighted by Gasteiger charge is 2.23. The van der Waals surface area contributed by atoms with Crippen LogP contribution in [0.15, 0.2) is 29.2 Å². The van der Waals surface area contributed by atoms with Crippen LogP contribution < -0.4 is 10.0 Å². The third-order valence-corrected chi connectivity index (χ3v) is 7.70. The number of piperidine rings is 1. The maximum absolute atomic E-state index is 12.6. The number of nitrogens with zero attached hydrogens (tertiary/aromatic N) is 1. The Morgan fingerprint density at radius 1 is 1.10 bits per heavy atom. The lowest BCUT2D eigenvalue weighted by Gasteiger charge is -2.33. The summed E-state index contributed by atoms with van der Waals surface area (Å²) < 4.78 is 28.0. The van der Waals surface area contributed by atoms with E-state index in [1.54, 1.807) is 18.2 Å². The van der Waals surface area contributed by atoms with E-state index in [0.29, 0.717) is 18.2 Å². The van der Waals surface area contributed by atoms with E-state index in [9.17, 15) is 13.2 Å². The van der Waals surface area contributed by atoms with Crippen molar-refractivity contribution in [2.24, 2.45) is 0 Å². The lowest BCUT2D eigenvalue weighted by Crippen LogP contribution is -2.38. The Bertz CT molecular complexity index is 775. The molecule has 6 nitrogen and oxygen atoms in total. The van der Waals surface area contributed by atoms with Gasteiger partial charge in [-0.3, -0.25) is 4.79 Å². The minimum Gasteiger partial charge on any atom is -0.352 e. The number of nitrogens with one attached hydrogen (secondary N) is 2. The third-order valence-electron chi connectivity index (χ3n) is 6.18. The number of rotatable bonds is 9. The molecule has 0 radical (unpaired) electrons. The van der Waals surface area contributed by atoms with Crippen LogP contribution in [0.25, 0.3) is 0 Å². The second kappa shape index (κ2) is 10.5. The summed E-state index contributed by atoms with van der Waals surface area (Å²) in [6.07, 6.45) is 9.78. The zero-order valence-electron chi connectivity index (χ0n) is 17.5. The molecule has 162 valence electrons. The first-order valence-electron chi connectivity index (χ1n) is 11.1. The van der Waals surface area contributed by atoms with Gasteiger partial charge in [-0.05, 0) is 76.7 Å². The monoisotopic (exact) mass is 421 g/mol. The van der Waals surface area contributed by atoms with Gasteiger partial charge in [-0.1, -0.05) is 25.3 Å². The standard InChI is InChI=1S/C22H35N3O3S/c1-18-9-4-6-15-25(18)16-7-5-14-23-22(26)19-10-8-13-21(17-19)29(27,28)24-20-11-2-3-12-20/h8,10,13,17-18,20,24H,2-7,9,11-12,14-16H2,1H3,(H,23,26)/t18-/m1/s1. The van der Waals surface area contributed by atoms with Crippen molar-refractivity contribution in [2.75, 3.05) is 19.6 Å². The van der Waals surface area contributed by atoms with E-state index in [0.717, 1.165) is 45.1 Å². The molecule has 3 rings (SSSR count). The van der Waals surface area contributed by atoms with Crippen LogP contribution in [0.1, 0.15) is 75.1 Å². The largest absolute Gasteiger partial charge is 0.352 e. The molecular formula is C22H35N3O3S. The van der Waals surface area contributed by atoms with Crippen LogP contribution in [0.3, 0.4) is 0 Å². The Balaban J connectivity index is 1.45. The van der Waals surface area contributed by atoms with Crippen LogP contribution in [0, 0.1) is 0 Å².